The molecule has 1 amide bonds. The van der Waals surface area contributed by atoms with Gasteiger partial charge in [0, 0.05) is 14.1 Å². The van der Waals surface area contributed by atoms with E-state index in [2.05, 4.69) is 4.98 Å². The number of hydrogen-bond acceptors (Lipinski definition) is 4. The summed E-state index contributed by atoms with van der Waals surface area (Å²) in [6.45, 7) is 1.61. The topological polar surface area (TPSA) is 81.3 Å². The molecule has 0 unspecified atom stereocenters. The quantitative estimate of drug-likeness (QED) is 0.529. The fourth-order valence-electron chi connectivity index (χ4n) is 1.07. The molecule has 0 aliphatic carbocycles. The Hall–Kier alpha value is -1.92. The number of aryl methyl sites for hydroxylation is 1. The number of likely N-dealkylation sites (N-methyl/N-ethyl adjacent to an activating group) is 1. The summed E-state index contributed by atoms with van der Waals surface area (Å²) < 4.78 is 1.28. The largest absolute Gasteiger partial charge is 0.435 e. The van der Waals surface area contributed by atoms with E-state index in [0.29, 0.717) is 5.69 Å². The van der Waals surface area contributed by atoms with Crippen LogP contribution in [0, 0.1) is 17.0 Å². The van der Waals surface area contributed by atoms with E-state index in [4.69, 9.17) is 0 Å². The van der Waals surface area contributed by atoms with Crippen LogP contribution in [0.2, 0.25) is 0 Å². The second-order valence-corrected chi connectivity index (χ2v) is 3.33. The molecule has 1 heterocycles. The third-order valence-corrected chi connectivity index (χ3v) is 1.99. The number of amides is 1. The minimum atomic E-state index is -0.601. The monoisotopic (exact) mass is 212 g/mol. The average Bonchev–Trinajstić information content (AvgIpc) is 2.48. The van der Waals surface area contributed by atoms with Gasteiger partial charge in [0.1, 0.15) is 11.9 Å². The Morgan fingerprint density at radius 1 is 1.67 bits per heavy atom. The van der Waals surface area contributed by atoms with Gasteiger partial charge >= 0.3 is 5.95 Å². The zero-order valence-electron chi connectivity index (χ0n) is 8.80. The molecule has 0 saturated heterocycles. The molecule has 7 nitrogen and oxygen atoms in total. The van der Waals surface area contributed by atoms with Gasteiger partial charge < -0.3 is 15.0 Å². The first-order chi connectivity index (χ1) is 6.93. The predicted octanol–water partition coefficient (Wildman–Crippen LogP) is 0.188. The van der Waals surface area contributed by atoms with E-state index in [1.165, 1.54) is 15.7 Å². The highest BCUT2D eigenvalue weighted by Gasteiger charge is 2.21. The summed E-state index contributed by atoms with van der Waals surface area (Å²) >= 11 is 0. The van der Waals surface area contributed by atoms with Gasteiger partial charge in [0.2, 0.25) is 0 Å². The third-order valence-electron chi connectivity index (χ3n) is 1.99. The summed E-state index contributed by atoms with van der Waals surface area (Å²) in [6, 6.07) is 0. The maximum absolute atomic E-state index is 11.4. The lowest BCUT2D eigenvalue weighted by atomic mass is 10.4. The van der Waals surface area contributed by atoms with E-state index in [-0.39, 0.29) is 18.4 Å². The van der Waals surface area contributed by atoms with Crippen molar-refractivity contribution in [3.05, 3.63) is 22.0 Å². The van der Waals surface area contributed by atoms with Crippen molar-refractivity contribution in [3.63, 3.8) is 0 Å². The third kappa shape index (κ3) is 2.30. The first-order valence-electron chi connectivity index (χ1n) is 4.30. The Balaban J connectivity index is 2.98. The minimum Gasteiger partial charge on any atom is -0.390 e. The molecular formula is C8H12N4O3. The summed E-state index contributed by atoms with van der Waals surface area (Å²) in [4.78, 5) is 26.4. The van der Waals surface area contributed by atoms with Crippen molar-refractivity contribution in [2.45, 2.75) is 13.5 Å². The summed E-state index contributed by atoms with van der Waals surface area (Å²) in [7, 11) is 3.20. The lowest BCUT2D eigenvalue weighted by Gasteiger charge is -2.09. The first kappa shape index (κ1) is 11.2. The average molecular weight is 212 g/mol. The van der Waals surface area contributed by atoms with Crippen LogP contribution < -0.4 is 0 Å². The van der Waals surface area contributed by atoms with Crippen molar-refractivity contribution in [1.82, 2.24) is 14.5 Å². The molecule has 0 aromatic carbocycles. The van der Waals surface area contributed by atoms with Crippen molar-refractivity contribution in [3.8, 4) is 0 Å². The van der Waals surface area contributed by atoms with Gasteiger partial charge in [0.05, 0.1) is 0 Å². The van der Waals surface area contributed by atoms with Crippen molar-refractivity contribution in [1.29, 1.82) is 0 Å². The lowest BCUT2D eigenvalue weighted by Crippen LogP contribution is -2.27. The molecule has 0 atom stereocenters. The summed E-state index contributed by atoms with van der Waals surface area (Å²) in [6.07, 6.45) is 1.38. The van der Waals surface area contributed by atoms with Crippen LogP contribution in [0.25, 0.3) is 0 Å². The molecule has 15 heavy (non-hydrogen) atoms. The molecule has 0 fully saturated rings. The van der Waals surface area contributed by atoms with Crippen molar-refractivity contribution in [2.75, 3.05) is 14.1 Å². The predicted molar refractivity (Wildman–Crippen MR) is 52.3 cm³/mol. The summed E-state index contributed by atoms with van der Waals surface area (Å²) in [5.41, 5.74) is 0.594. The highest BCUT2D eigenvalue weighted by molar-refractivity contribution is 5.75. The number of rotatable bonds is 3. The summed E-state index contributed by atoms with van der Waals surface area (Å²) in [5, 5.41) is 10.6. The Morgan fingerprint density at radius 3 is 2.73 bits per heavy atom. The molecule has 1 aromatic rings. The van der Waals surface area contributed by atoms with E-state index in [0.717, 1.165) is 0 Å². The molecule has 82 valence electrons. The molecule has 0 N–H and O–H groups in total. The van der Waals surface area contributed by atoms with Gasteiger partial charge in [-0.05, 0) is 11.8 Å². The number of carbonyl (C=O) groups excluding carboxylic acids is 1. The number of nitro groups is 1. The van der Waals surface area contributed by atoms with Crippen LogP contribution in [-0.2, 0) is 11.3 Å². The standard InChI is InChI=1S/C8H12N4O3/c1-6-4-9-8(12(14)15)11(6)5-7(13)10(2)3/h4H,5H2,1-3H3. The zero-order chi connectivity index (χ0) is 11.6. The molecule has 0 bridgehead atoms. The Labute approximate surface area is 86.5 Å². The number of carbonyl (C=O) groups is 1. The Kier molecular flexibility index (Phi) is 3.03. The van der Waals surface area contributed by atoms with Gasteiger partial charge in [0.25, 0.3) is 5.91 Å². The van der Waals surface area contributed by atoms with Crippen LogP contribution in [0.1, 0.15) is 5.69 Å². The molecule has 1 rings (SSSR count). The van der Waals surface area contributed by atoms with Gasteiger partial charge in [0.15, 0.2) is 6.54 Å². The van der Waals surface area contributed by atoms with Crippen LogP contribution in [0.4, 0.5) is 5.95 Å². The molecule has 0 spiro atoms. The molecule has 1 aromatic heterocycles. The second-order valence-electron chi connectivity index (χ2n) is 3.33. The van der Waals surface area contributed by atoms with Crippen LogP contribution in [0.3, 0.4) is 0 Å². The van der Waals surface area contributed by atoms with E-state index >= 15 is 0 Å². The zero-order valence-corrected chi connectivity index (χ0v) is 8.80. The molecular weight excluding hydrogens is 200 g/mol. The highest BCUT2D eigenvalue weighted by atomic mass is 16.6. The highest BCUT2D eigenvalue weighted by Crippen LogP contribution is 2.12. The number of nitrogens with zero attached hydrogens (tertiary/aromatic N) is 4. The van der Waals surface area contributed by atoms with E-state index in [1.807, 2.05) is 0 Å². The minimum absolute atomic E-state index is 0.0604. The lowest BCUT2D eigenvalue weighted by molar-refractivity contribution is -0.396. The van der Waals surface area contributed by atoms with Gasteiger partial charge in [-0.1, -0.05) is 4.98 Å². The van der Waals surface area contributed by atoms with Gasteiger partial charge in [-0.2, -0.15) is 0 Å². The fourth-order valence-corrected chi connectivity index (χ4v) is 1.07. The Morgan fingerprint density at radius 2 is 2.27 bits per heavy atom. The van der Waals surface area contributed by atoms with Crippen molar-refractivity contribution < 1.29 is 9.72 Å². The first-order valence-corrected chi connectivity index (χ1v) is 4.30. The number of hydrogen-bond donors (Lipinski definition) is 0. The van der Waals surface area contributed by atoms with E-state index in [9.17, 15) is 14.9 Å². The molecule has 7 heteroatoms. The van der Waals surface area contributed by atoms with Crippen LogP contribution >= 0.6 is 0 Å². The number of imidazole rings is 1. The summed E-state index contributed by atoms with van der Waals surface area (Å²) in [5.74, 6) is -0.512. The Bertz CT molecular complexity index is 397. The van der Waals surface area contributed by atoms with Gasteiger partial charge in [-0.15, -0.1) is 0 Å². The maximum Gasteiger partial charge on any atom is 0.435 e. The normalized spacial score (nSPS) is 10.1. The van der Waals surface area contributed by atoms with E-state index < -0.39 is 4.92 Å². The van der Waals surface area contributed by atoms with Gasteiger partial charge in [-0.25, -0.2) is 4.57 Å². The van der Waals surface area contributed by atoms with E-state index in [1.54, 1.807) is 21.0 Å². The van der Waals surface area contributed by atoms with Gasteiger partial charge in [-0.3, -0.25) is 4.79 Å². The fraction of sp³-hybridized carbons (Fsp3) is 0.500. The number of aromatic nitrogens is 2. The van der Waals surface area contributed by atoms with Crippen molar-refractivity contribution >= 4 is 11.9 Å². The molecule has 0 radical (unpaired) electrons. The second kappa shape index (κ2) is 4.07. The van der Waals surface area contributed by atoms with Crippen LogP contribution in [-0.4, -0.2) is 39.4 Å². The SMILES string of the molecule is Cc1cnc([N+](=O)[O-])n1CC(=O)N(C)C. The molecule has 0 aliphatic rings. The smallest absolute Gasteiger partial charge is 0.390 e. The molecule has 0 aliphatic heterocycles. The maximum atomic E-state index is 11.4. The van der Waals surface area contributed by atoms with Crippen LogP contribution in [0.15, 0.2) is 6.20 Å². The van der Waals surface area contributed by atoms with Crippen LogP contribution in [0.5, 0.6) is 0 Å². The van der Waals surface area contributed by atoms with Crippen molar-refractivity contribution in [2.24, 2.45) is 0 Å². The molecule has 0 saturated carbocycles.